The van der Waals surface area contributed by atoms with Gasteiger partial charge in [-0.3, -0.25) is 14.6 Å². The van der Waals surface area contributed by atoms with E-state index in [0.717, 1.165) is 5.56 Å². The molecule has 3 aromatic rings. The zero-order chi connectivity index (χ0) is 22.0. The molecule has 1 aliphatic heterocycles. The second-order valence-electron chi connectivity index (χ2n) is 7.03. The van der Waals surface area contributed by atoms with E-state index >= 15 is 0 Å². The number of rotatable bonds is 5. The number of carbonyl (C=O) groups is 2. The molecule has 0 spiro atoms. The van der Waals surface area contributed by atoms with Crippen LogP contribution < -0.4 is 4.74 Å². The molecule has 6 nitrogen and oxygen atoms in total. The van der Waals surface area contributed by atoms with Crippen molar-refractivity contribution in [1.82, 2.24) is 9.88 Å². The monoisotopic (exact) mass is 434 g/mol. The summed E-state index contributed by atoms with van der Waals surface area (Å²) < 4.78 is 5.34. The van der Waals surface area contributed by atoms with Crippen LogP contribution in [0.5, 0.6) is 5.75 Å². The molecule has 0 bridgehead atoms. The normalized spacial score (nSPS) is 17.7. The molecule has 31 heavy (non-hydrogen) atoms. The number of hydrogen-bond donors (Lipinski definition) is 1. The minimum absolute atomic E-state index is 0.00544. The van der Waals surface area contributed by atoms with Gasteiger partial charge >= 0.3 is 0 Å². The van der Waals surface area contributed by atoms with Gasteiger partial charge in [0.1, 0.15) is 11.5 Å². The Morgan fingerprint density at radius 3 is 2.42 bits per heavy atom. The lowest BCUT2D eigenvalue weighted by Gasteiger charge is -2.25. The number of hydrogen-bond acceptors (Lipinski definition) is 5. The van der Waals surface area contributed by atoms with Gasteiger partial charge in [0.05, 0.1) is 24.3 Å². The molecule has 7 heteroatoms. The molecule has 1 fully saturated rings. The highest BCUT2D eigenvalue weighted by Crippen LogP contribution is 2.41. The van der Waals surface area contributed by atoms with Crippen LogP contribution in [0.15, 0.2) is 78.6 Å². The highest BCUT2D eigenvalue weighted by atomic mass is 35.5. The van der Waals surface area contributed by atoms with E-state index in [2.05, 4.69) is 4.98 Å². The molecule has 0 radical (unpaired) electrons. The van der Waals surface area contributed by atoms with Crippen LogP contribution in [0, 0.1) is 0 Å². The Bertz CT molecular complexity index is 1160. The number of carbonyl (C=O) groups excluding carboxylic acids is 2. The van der Waals surface area contributed by atoms with Crippen molar-refractivity contribution in [3.8, 4) is 5.75 Å². The van der Waals surface area contributed by atoms with E-state index < -0.39 is 17.7 Å². The summed E-state index contributed by atoms with van der Waals surface area (Å²) in [6.07, 6.45) is 3.25. The number of ketones is 1. The second kappa shape index (κ2) is 8.62. The van der Waals surface area contributed by atoms with E-state index in [0.29, 0.717) is 21.9 Å². The quantitative estimate of drug-likeness (QED) is 0.366. The van der Waals surface area contributed by atoms with Crippen molar-refractivity contribution in [3.05, 3.63) is 100 Å². The molecule has 1 unspecified atom stereocenters. The number of aliphatic hydroxyl groups excluding tert-OH is 1. The maximum atomic E-state index is 13.1. The lowest BCUT2D eigenvalue weighted by molar-refractivity contribution is -0.140. The minimum atomic E-state index is -0.782. The van der Waals surface area contributed by atoms with Gasteiger partial charge in [-0.25, -0.2) is 0 Å². The number of aliphatic hydroxyl groups is 1. The first-order valence-corrected chi connectivity index (χ1v) is 9.95. The summed E-state index contributed by atoms with van der Waals surface area (Å²) in [6, 6.07) is 16.4. The molecule has 1 saturated heterocycles. The van der Waals surface area contributed by atoms with Crippen molar-refractivity contribution in [2.45, 2.75) is 12.6 Å². The average molecular weight is 435 g/mol. The zero-order valence-corrected chi connectivity index (χ0v) is 17.4. The molecule has 1 aliphatic rings. The lowest BCUT2D eigenvalue weighted by Crippen LogP contribution is -2.29. The van der Waals surface area contributed by atoms with E-state index in [1.807, 2.05) is 0 Å². The Morgan fingerprint density at radius 2 is 1.74 bits per heavy atom. The highest BCUT2D eigenvalue weighted by Gasteiger charge is 2.46. The molecular formula is C24H19ClN2O4. The average Bonchev–Trinajstić information content (AvgIpc) is 3.04. The van der Waals surface area contributed by atoms with Gasteiger partial charge in [-0.2, -0.15) is 0 Å². The summed E-state index contributed by atoms with van der Waals surface area (Å²) in [5.41, 5.74) is 1.82. The number of Topliss-reactive ketones (excluding diaryl/α,β-unsaturated/α-hetero) is 1. The van der Waals surface area contributed by atoms with Gasteiger partial charge in [0, 0.05) is 24.0 Å². The van der Waals surface area contributed by atoms with Crippen molar-refractivity contribution >= 4 is 29.1 Å². The zero-order valence-electron chi connectivity index (χ0n) is 16.7. The van der Waals surface area contributed by atoms with Crippen LogP contribution in [0.2, 0.25) is 5.02 Å². The molecular weight excluding hydrogens is 416 g/mol. The SMILES string of the molecule is COc1ccccc1/C(O)=C1/C(=O)C(=O)N(Cc2ccncc2)C1c1ccc(Cl)cc1. The number of nitrogens with zero attached hydrogens (tertiary/aromatic N) is 2. The Kier molecular flexibility index (Phi) is 5.73. The lowest BCUT2D eigenvalue weighted by atomic mass is 9.95. The number of methoxy groups -OCH3 is 1. The van der Waals surface area contributed by atoms with Crippen molar-refractivity contribution in [2.24, 2.45) is 0 Å². The summed E-state index contributed by atoms with van der Waals surface area (Å²) in [5.74, 6) is -1.33. The van der Waals surface area contributed by atoms with Crippen LogP contribution in [0.4, 0.5) is 0 Å². The van der Waals surface area contributed by atoms with Gasteiger partial charge in [0.2, 0.25) is 0 Å². The van der Waals surface area contributed by atoms with Gasteiger partial charge in [-0.1, -0.05) is 35.9 Å². The molecule has 1 atom stereocenters. The predicted octanol–water partition coefficient (Wildman–Crippen LogP) is 4.37. The number of ether oxygens (including phenoxy) is 1. The summed E-state index contributed by atoms with van der Waals surface area (Å²) in [4.78, 5) is 31.5. The smallest absolute Gasteiger partial charge is 0.295 e. The van der Waals surface area contributed by atoms with Gasteiger partial charge in [-0.15, -0.1) is 0 Å². The van der Waals surface area contributed by atoms with Gasteiger partial charge in [0.15, 0.2) is 0 Å². The predicted molar refractivity (Wildman–Crippen MR) is 117 cm³/mol. The first kappa shape index (κ1) is 20.6. The summed E-state index contributed by atoms with van der Waals surface area (Å²) >= 11 is 6.04. The Balaban J connectivity index is 1.89. The number of aromatic nitrogens is 1. The van der Waals surface area contributed by atoms with Gasteiger partial charge < -0.3 is 14.7 Å². The summed E-state index contributed by atoms with van der Waals surface area (Å²) in [5, 5.41) is 11.7. The number of likely N-dealkylation sites (tertiary alicyclic amines) is 1. The van der Waals surface area contributed by atoms with E-state index in [1.165, 1.54) is 12.0 Å². The van der Waals surface area contributed by atoms with E-state index in [1.54, 1.807) is 73.1 Å². The van der Waals surface area contributed by atoms with Crippen molar-refractivity contribution in [1.29, 1.82) is 0 Å². The Labute approximate surface area is 184 Å². The summed E-state index contributed by atoms with van der Waals surface area (Å²) in [7, 11) is 1.48. The highest BCUT2D eigenvalue weighted by molar-refractivity contribution is 6.46. The molecule has 2 heterocycles. The number of halogens is 1. The first-order chi connectivity index (χ1) is 15.0. The topological polar surface area (TPSA) is 79.7 Å². The number of benzene rings is 2. The number of pyridine rings is 1. The van der Waals surface area contributed by atoms with Crippen molar-refractivity contribution < 1.29 is 19.4 Å². The summed E-state index contributed by atoms with van der Waals surface area (Å²) in [6.45, 7) is 0.184. The van der Waals surface area contributed by atoms with Gasteiger partial charge in [-0.05, 0) is 47.5 Å². The third-order valence-electron chi connectivity index (χ3n) is 5.19. The minimum Gasteiger partial charge on any atom is -0.507 e. The van der Waals surface area contributed by atoms with Gasteiger partial charge in [0.25, 0.3) is 11.7 Å². The van der Waals surface area contributed by atoms with Crippen LogP contribution in [-0.4, -0.2) is 33.8 Å². The third kappa shape index (κ3) is 3.90. The van der Waals surface area contributed by atoms with Crippen LogP contribution in [0.25, 0.3) is 5.76 Å². The van der Waals surface area contributed by atoms with Crippen LogP contribution in [0.1, 0.15) is 22.7 Å². The van der Waals surface area contributed by atoms with Crippen LogP contribution in [-0.2, 0) is 16.1 Å². The largest absolute Gasteiger partial charge is 0.507 e. The first-order valence-electron chi connectivity index (χ1n) is 9.57. The van der Waals surface area contributed by atoms with E-state index in [9.17, 15) is 14.7 Å². The maximum Gasteiger partial charge on any atom is 0.295 e. The molecule has 2 aromatic carbocycles. The third-order valence-corrected chi connectivity index (χ3v) is 5.44. The standard InChI is InChI=1S/C24H19ClN2O4/c1-31-19-5-3-2-4-18(19)22(28)20-21(16-6-8-17(25)9-7-16)27(24(30)23(20)29)14-15-10-12-26-13-11-15/h2-13,21,28H,14H2,1H3/b22-20-. The maximum absolute atomic E-state index is 13.1. The molecule has 156 valence electrons. The van der Waals surface area contributed by atoms with Crippen LogP contribution >= 0.6 is 11.6 Å². The fourth-order valence-corrected chi connectivity index (χ4v) is 3.83. The van der Waals surface area contributed by atoms with Crippen LogP contribution in [0.3, 0.4) is 0 Å². The Hall–Kier alpha value is -3.64. The molecule has 1 amide bonds. The fourth-order valence-electron chi connectivity index (χ4n) is 3.70. The Morgan fingerprint density at radius 1 is 1.06 bits per heavy atom. The fraction of sp³-hybridized carbons (Fsp3) is 0.125. The molecule has 0 aliphatic carbocycles. The molecule has 1 N–H and O–H groups in total. The van der Waals surface area contributed by atoms with Crippen molar-refractivity contribution in [3.63, 3.8) is 0 Å². The number of amides is 1. The number of para-hydroxylation sites is 1. The van der Waals surface area contributed by atoms with E-state index in [4.69, 9.17) is 16.3 Å². The van der Waals surface area contributed by atoms with E-state index in [-0.39, 0.29) is 17.9 Å². The second-order valence-corrected chi connectivity index (χ2v) is 7.47. The molecule has 0 saturated carbocycles. The molecule has 4 rings (SSSR count). The molecule has 1 aromatic heterocycles. The van der Waals surface area contributed by atoms with Crippen molar-refractivity contribution in [2.75, 3.05) is 7.11 Å².